The van der Waals surface area contributed by atoms with E-state index in [1.54, 1.807) is 23.5 Å². The first-order valence-electron chi connectivity index (χ1n) is 10.1. The molecule has 0 saturated heterocycles. The van der Waals surface area contributed by atoms with Crippen molar-refractivity contribution in [3.8, 4) is 0 Å². The summed E-state index contributed by atoms with van der Waals surface area (Å²) in [5.41, 5.74) is 5.65. The van der Waals surface area contributed by atoms with E-state index in [9.17, 15) is 4.79 Å². The van der Waals surface area contributed by atoms with Crippen molar-refractivity contribution in [2.24, 2.45) is 0 Å². The molecule has 2 aromatic rings. The number of carbonyl (C=O) groups is 1. The molecule has 0 fully saturated rings. The Morgan fingerprint density at radius 1 is 1.14 bits per heavy atom. The van der Waals surface area contributed by atoms with E-state index in [-0.39, 0.29) is 6.03 Å². The largest absolute Gasteiger partial charge is 0.337 e. The Morgan fingerprint density at radius 2 is 1.90 bits per heavy atom. The van der Waals surface area contributed by atoms with Gasteiger partial charge in [0.25, 0.3) is 0 Å². The van der Waals surface area contributed by atoms with Crippen LogP contribution >= 0.6 is 23.5 Å². The van der Waals surface area contributed by atoms with Crippen molar-refractivity contribution >= 4 is 35.2 Å². The Hall–Kier alpha value is -1.66. The maximum atomic E-state index is 12.7. The van der Waals surface area contributed by atoms with Crippen LogP contribution in [0.15, 0.2) is 34.2 Å². The van der Waals surface area contributed by atoms with Crippen molar-refractivity contribution in [3.05, 3.63) is 46.6 Å². The minimum atomic E-state index is -0.174. The molecule has 4 nitrogen and oxygen atoms in total. The zero-order valence-corrected chi connectivity index (χ0v) is 20.0. The van der Waals surface area contributed by atoms with Gasteiger partial charge in [-0.05, 0) is 56.9 Å². The Morgan fingerprint density at radius 3 is 2.52 bits per heavy atom. The molecule has 6 heteroatoms. The van der Waals surface area contributed by atoms with Crippen LogP contribution in [0.25, 0.3) is 0 Å². The Kier molecular flexibility index (Phi) is 9.37. The SMILES string of the molecule is CCCCC(CNC(=O)Nc1c(SC)cc(C)nc1SC)c1ccc(C)cc1C. The van der Waals surface area contributed by atoms with E-state index in [1.165, 1.54) is 16.7 Å². The van der Waals surface area contributed by atoms with Crippen molar-refractivity contribution in [2.45, 2.75) is 62.8 Å². The molecule has 1 unspecified atom stereocenters. The number of rotatable bonds is 9. The summed E-state index contributed by atoms with van der Waals surface area (Å²) in [6, 6.07) is 8.44. The number of unbranched alkanes of at least 4 members (excludes halogenated alkanes) is 1. The normalized spacial score (nSPS) is 11.9. The van der Waals surface area contributed by atoms with E-state index in [1.807, 2.05) is 25.5 Å². The molecule has 0 bridgehead atoms. The van der Waals surface area contributed by atoms with E-state index in [4.69, 9.17) is 0 Å². The number of hydrogen-bond acceptors (Lipinski definition) is 4. The lowest BCUT2D eigenvalue weighted by Gasteiger charge is -2.21. The first-order valence-corrected chi connectivity index (χ1v) is 12.6. The van der Waals surface area contributed by atoms with Crippen LogP contribution in [0.2, 0.25) is 0 Å². The Balaban J connectivity index is 2.12. The van der Waals surface area contributed by atoms with Gasteiger partial charge in [0.1, 0.15) is 5.03 Å². The van der Waals surface area contributed by atoms with Gasteiger partial charge in [-0.1, -0.05) is 43.5 Å². The van der Waals surface area contributed by atoms with Crippen LogP contribution in [0.3, 0.4) is 0 Å². The summed E-state index contributed by atoms with van der Waals surface area (Å²) in [5, 5.41) is 6.99. The maximum absolute atomic E-state index is 12.7. The summed E-state index contributed by atoms with van der Waals surface area (Å²) >= 11 is 3.17. The van der Waals surface area contributed by atoms with E-state index in [2.05, 4.69) is 54.6 Å². The summed E-state index contributed by atoms with van der Waals surface area (Å²) in [6.07, 6.45) is 7.37. The van der Waals surface area contributed by atoms with E-state index in [0.29, 0.717) is 12.5 Å². The highest BCUT2D eigenvalue weighted by Crippen LogP contribution is 2.33. The van der Waals surface area contributed by atoms with Crippen LogP contribution < -0.4 is 10.6 Å². The van der Waals surface area contributed by atoms with Crippen LogP contribution in [0, 0.1) is 20.8 Å². The van der Waals surface area contributed by atoms with Crippen molar-refractivity contribution in [1.29, 1.82) is 0 Å². The summed E-state index contributed by atoms with van der Waals surface area (Å²) in [5.74, 6) is 0.317. The smallest absolute Gasteiger partial charge is 0.319 e. The van der Waals surface area contributed by atoms with Crippen molar-refractivity contribution in [2.75, 3.05) is 24.4 Å². The number of pyridine rings is 1. The Bertz CT molecular complexity index is 814. The molecule has 2 rings (SSSR count). The summed E-state index contributed by atoms with van der Waals surface area (Å²) in [7, 11) is 0. The molecule has 2 N–H and O–H groups in total. The molecular weight excluding hydrogens is 398 g/mol. The van der Waals surface area contributed by atoms with Crippen LogP contribution in [0.1, 0.15) is 54.5 Å². The van der Waals surface area contributed by atoms with Gasteiger partial charge in [0.2, 0.25) is 0 Å². The predicted molar refractivity (Wildman–Crippen MR) is 128 cm³/mol. The number of nitrogens with zero attached hydrogens (tertiary/aromatic N) is 1. The van der Waals surface area contributed by atoms with E-state index < -0.39 is 0 Å². The van der Waals surface area contributed by atoms with Gasteiger partial charge in [0, 0.05) is 23.1 Å². The van der Waals surface area contributed by atoms with Gasteiger partial charge in [-0.25, -0.2) is 9.78 Å². The van der Waals surface area contributed by atoms with Gasteiger partial charge in [-0.3, -0.25) is 0 Å². The lowest BCUT2D eigenvalue weighted by molar-refractivity contribution is 0.251. The molecule has 1 heterocycles. The predicted octanol–water partition coefficient (Wildman–Crippen LogP) is 6.55. The molecule has 0 spiro atoms. The van der Waals surface area contributed by atoms with Crippen molar-refractivity contribution in [1.82, 2.24) is 10.3 Å². The Labute approximate surface area is 184 Å². The molecule has 0 aliphatic rings. The molecule has 1 aromatic heterocycles. The maximum Gasteiger partial charge on any atom is 0.319 e. The highest BCUT2D eigenvalue weighted by molar-refractivity contribution is 7.99. The first kappa shape index (κ1) is 23.6. The highest BCUT2D eigenvalue weighted by Gasteiger charge is 2.17. The number of aromatic nitrogens is 1. The van der Waals surface area contributed by atoms with E-state index in [0.717, 1.165) is 40.6 Å². The second-order valence-electron chi connectivity index (χ2n) is 7.38. The average molecular weight is 432 g/mol. The van der Waals surface area contributed by atoms with Gasteiger partial charge in [0.05, 0.1) is 5.69 Å². The molecule has 2 amide bonds. The molecule has 1 atom stereocenters. The monoisotopic (exact) mass is 431 g/mol. The highest BCUT2D eigenvalue weighted by atomic mass is 32.2. The average Bonchev–Trinajstić information content (AvgIpc) is 2.69. The second kappa shape index (κ2) is 11.5. The minimum absolute atomic E-state index is 0.174. The van der Waals surface area contributed by atoms with Gasteiger partial charge in [0.15, 0.2) is 0 Å². The summed E-state index contributed by atoms with van der Waals surface area (Å²) < 4.78 is 0. The number of amides is 2. The topological polar surface area (TPSA) is 54.0 Å². The van der Waals surface area contributed by atoms with Crippen LogP contribution in [-0.2, 0) is 0 Å². The third-order valence-corrected chi connectivity index (χ3v) is 6.45. The van der Waals surface area contributed by atoms with Gasteiger partial charge in [-0.15, -0.1) is 23.5 Å². The zero-order chi connectivity index (χ0) is 21.4. The molecule has 0 radical (unpaired) electrons. The molecular formula is C23H33N3OS2. The van der Waals surface area contributed by atoms with Gasteiger partial charge < -0.3 is 10.6 Å². The van der Waals surface area contributed by atoms with Gasteiger partial charge in [-0.2, -0.15) is 0 Å². The number of urea groups is 1. The third kappa shape index (κ3) is 6.68. The van der Waals surface area contributed by atoms with Crippen LogP contribution in [0.5, 0.6) is 0 Å². The fourth-order valence-corrected chi connectivity index (χ4v) is 4.82. The van der Waals surface area contributed by atoms with Crippen molar-refractivity contribution in [3.63, 3.8) is 0 Å². The van der Waals surface area contributed by atoms with Crippen LogP contribution in [-0.4, -0.2) is 30.1 Å². The molecule has 0 aliphatic heterocycles. The fourth-order valence-electron chi connectivity index (χ4n) is 3.51. The third-order valence-electron chi connectivity index (χ3n) is 5.01. The molecule has 29 heavy (non-hydrogen) atoms. The number of benzene rings is 1. The number of nitrogens with one attached hydrogen (secondary N) is 2. The molecule has 0 saturated carbocycles. The number of thioether (sulfide) groups is 2. The van der Waals surface area contributed by atoms with Crippen molar-refractivity contribution < 1.29 is 4.79 Å². The van der Waals surface area contributed by atoms with E-state index >= 15 is 0 Å². The quantitative estimate of drug-likeness (QED) is 0.442. The number of hydrogen-bond donors (Lipinski definition) is 2. The number of carbonyl (C=O) groups excluding carboxylic acids is 1. The molecule has 0 aliphatic carbocycles. The lowest BCUT2D eigenvalue weighted by atomic mass is 9.89. The second-order valence-corrected chi connectivity index (χ2v) is 9.03. The minimum Gasteiger partial charge on any atom is -0.337 e. The fraction of sp³-hybridized carbons (Fsp3) is 0.478. The van der Waals surface area contributed by atoms with Gasteiger partial charge >= 0.3 is 6.03 Å². The number of aryl methyl sites for hydroxylation is 3. The summed E-state index contributed by atoms with van der Waals surface area (Å²) in [4.78, 5) is 18.3. The molecule has 1 aromatic carbocycles. The zero-order valence-electron chi connectivity index (χ0n) is 18.4. The number of anilines is 1. The standard InChI is InChI=1S/C23H33N3OS2/c1-7-8-9-18(19-11-10-15(2)12-16(19)3)14-24-23(27)26-21-20(28-5)13-17(4)25-22(21)29-6/h10-13,18H,7-9,14H2,1-6H3,(H2,24,26,27). The first-order chi connectivity index (χ1) is 13.9. The summed E-state index contributed by atoms with van der Waals surface area (Å²) in [6.45, 7) is 9.09. The molecule has 158 valence electrons. The lowest BCUT2D eigenvalue weighted by Crippen LogP contribution is -2.33. The van der Waals surface area contributed by atoms with Crippen LogP contribution in [0.4, 0.5) is 10.5 Å².